The number of hydrogen-bond acceptors (Lipinski definition) is 6. The van der Waals surface area contributed by atoms with E-state index < -0.39 is 6.04 Å². The van der Waals surface area contributed by atoms with Gasteiger partial charge in [0.1, 0.15) is 6.04 Å². The Kier molecular flexibility index (Phi) is 5.78. The number of carbonyl (C=O) groups excluding carboxylic acids is 1. The number of rotatable bonds is 6. The number of aromatic nitrogens is 1. The van der Waals surface area contributed by atoms with Gasteiger partial charge in [-0.25, -0.2) is 0 Å². The number of para-hydroxylation sites is 1. The van der Waals surface area contributed by atoms with Crippen molar-refractivity contribution in [3.8, 4) is 17.2 Å². The third-order valence-electron chi connectivity index (χ3n) is 5.57. The molecule has 0 unspecified atom stereocenters. The topological polar surface area (TPSA) is 81.8 Å². The number of methoxy groups -OCH3 is 3. The van der Waals surface area contributed by atoms with Crippen LogP contribution in [0.4, 0.5) is 0 Å². The van der Waals surface area contributed by atoms with Crippen LogP contribution >= 0.6 is 0 Å². The molecule has 0 fully saturated rings. The molecule has 31 heavy (non-hydrogen) atoms. The van der Waals surface area contributed by atoms with Crippen LogP contribution in [0.1, 0.15) is 36.7 Å². The smallest absolute Gasteiger partial charge is 0.323 e. The lowest BCUT2D eigenvalue weighted by atomic mass is 9.90. The highest BCUT2D eigenvalue weighted by Crippen LogP contribution is 2.43. The molecule has 164 valence electrons. The summed E-state index contributed by atoms with van der Waals surface area (Å²) in [6.45, 7) is 3.71. The summed E-state index contributed by atoms with van der Waals surface area (Å²) in [4.78, 5) is 16.4. The van der Waals surface area contributed by atoms with Crippen molar-refractivity contribution in [1.82, 2.24) is 10.3 Å². The van der Waals surface area contributed by atoms with E-state index >= 15 is 0 Å². The van der Waals surface area contributed by atoms with Gasteiger partial charge >= 0.3 is 5.97 Å². The van der Waals surface area contributed by atoms with Gasteiger partial charge < -0.3 is 23.9 Å². The predicted octanol–water partition coefficient (Wildman–Crippen LogP) is 3.75. The van der Waals surface area contributed by atoms with Crippen LogP contribution in [0, 0.1) is 0 Å². The van der Waals surface area contributed by atoms with Crippen molar-refractivity contribution < 1.29 is 23.7 Å². The molecule has 2 heterocycles. The summed E-state index contributed by atoms with van der Waals surface area (Å²) in [5.41, 5.74) is 4.05. The van der Waals surface area contributed by atoms with Crippen molar-refractivity contribution in [2.24, 2.45) is 0 Å². The largest absolute Gasteiger partial charge is 0.493 e. The molecule has 2 atom stereocenters. The molecule has 3 aromatic rings. The van der Waals surface area contributed by atoms with E-state index in [1.807, 2.05) is 44.2 Å². The van der Waals surface area contributed by atoms with E-state index in [2.05, 4.69) is 16.4 Å². The highest BCUT2D eigenvalue weighted by molar-refractivity contribution is 5.87. The maximum atomic E-state index is 12.8. The number of nitrogens with one attached hydrogen (secondary N) is 2. The molecule has 2 N–H and O–H groups in total. The van der Waals surface area contributed by atoms with Gasteiger partial charge in [-0.1, -0.05) is 18.2 Å². The van der Waals surface area contributed by atoms with Gasteiger partial charge in [0.2, 0.25) is 5.75 Å². The first kappa shape index (κ1) is 21.1. The lowest BCUT2D eigenvalue weighted by Gasteiger charge is -2.31. The molecule has 0 aliphatic carbocycles. The third-order valence-corrected chi connectivity index (χ3v) is 5.57. The molecule has 1 aliphatic heterocycles. The molecule has 0 bridgehead atoms. The number of aromatic amines is 1. The monoisotopic (exact) mass is 424 g/mol. The first-order valence-corrected chi connectivity index (χ1v) is 10.3. The average molecular weight is 424 g/mol. The lowest BCUT2D eigenvalue weighted by molar-refractivity contribution is -0.150. The SMILES string of the molecule is COc1cc([C@H]2N[C@H](C(=O)OC(C)C)Cc3c2[nH]c2ccccc32)cc(OC)c1OC. The van der Waals surface area contributed by atoms with Gasteiger partial charge in [0.25, 0.3) is 0 Å². The zero-order valence-electron chi connectivity index (χ0n) is 18.4. The minimum absolute atomic E-state index is 0.182. The molecule has 4 rings (SSSR count). The van der Waals surface area contributed by atoms with Crippen LogP contribution in [0.5, 0.6) is 17.2 Å². The van der Waals surface area contributed by atoms with Crippen molar-refractivity contribution in [2.75, 3.05) is 21.3 Å². The van der Waals surface area contributed by atoms with Crippen LogP contribution < -0.4 is 19.5 Å². The summed E-state index contributed by atoms with van der Waals surface area (Å²) < 4.78 is 22.1. The fourth-order valence-corrected chi connectivity index (χ4v) is 4.23. The first-order chi connectivity index (χ1) is 15.0. The molecule has 0 saturated carbocycles. The molecule has 0 saturated heterocycles. The Morgan fingerprint density at radius 2 is 1.71 bits per heavy atom. The molecule has 7 nitrogen and oxygen atoms in total. The molecule has 1 aliphatic rings. The Morgan fingerprint density at radius 3 is 2.32 bits per heavy atom. The number of ether oxygens (including phenoxy) is 4. The summed E-state index contributed by atoms with van der Waals surface area (Å²) >= 11 is 0. The number of carbonyl (C=O) groups is 1. The third kappa shape index (κ3) is 3.81. The second-order valence-electron chi connectivity index (χ2n) is 7.86. The number of esters is 1. The van der Waals surface area contributed by atoms with Gasteiger partial charge in [0.15, 0.2) is 11.5 Å². The zero-order valence-corrected chi connectivity index (χ0v) is 18.4. The van der Waals surface area contributed by atoms with Gasteiger partial charge in [-0.05, 0) is 43.2 Å². The lowest BCUT2D eigenvalue weighted by Crippen LogP contribution is -2.46. The highest BCUT2D eigenvalue weighted by atomic mass is 16.5. The van der Waals surface area contributed by atoms with Crippen molar-refractivity contribution in [1.29, 1.82) is 0 Å². The summed E-state index contributed by atoms with van der Waals surface area (Å²) in [5.74, 6) is 1.38. The molecule has 2 aromatic carbocycles. The van der Waals surface area contributed by atoms with E-state index in [0.717, 1.165) is 27.7 Å². The number of benzene rings is 2. The van der Waals surface area contributed by atoms with Crippen molar-refractivity contribution in [3.05, 3.63) is 53.2 Å². The highest BCUT2D eigenvalue weighted by Gasteiger charge is 2.35. The number of H-pyrrole nitrogens is 1. The van der Waals surface area contributed by atoms with E-state index in [4.69, 9.17) is 18.9 Å². The summed E-state index contributed by atoms with van der Waals surface area (Å²) in [7, 11) is 4.76. The Bertz CT molecular complexity index is 1080. The maximum Gasteiger partial charge on any atom is 0.323 e. The second kappa shape index (κ2) is 8.51. The Labute approximate surface area is 181 Å². The number of hydrogen-bond donors (Lipinski definition) is 2. The minimum atomic E-state index is -0.474. The van der Waals surface area contributed by atoms with Gasteiger partial charge in [-0.3, -0.25) is 10.1 Å². The molecule has 1 aromatic heterocycles. The van der Waals surface area contributed by atoms with E-state index in [1.54, 1.807) is 21.3 Å². The quantitative estimate of drug-likeness (QED) is 0.587. The minimum Gasteiger partial charge on any atom is -0.493 e. The van der Waals surface area contributed by atoms with Crippen LogP contribution in [0.3, 0.4) is 0 Å². The Hall–Kier alpha value is -3.19. The van der Waals surface area contributed by atoms with E-state index in [-0.39, 0.29) is 18.1 Å². The molecule has 7 heteroatoms. The fourth-order valence-electron chi connectivity index (χ4n) is 4.23. The van der Waals surface area contributed by atoms with Crippen molar-refractivity contribution >= 4 is 16.9 Å². The Morgan fingerprint density at radius 1 is 1.03 bits per heavy atom. The molecule has 0 radical (unpaired) electrons. The van der Waals surface area contributed by atoms with Crippen LogP contribution in [-0.2, 0) is 16.0 Å². The zero-order chi connectivity index (χ0) is 22.1. The van der Waals surface area contributed by atoms with E-state index in [9.17, 15) is 4.79 Å². The van der Waals surface area contributed by atoms with Crippen LogP contribution in [0.15, 0.2) is 36.4 Å². The second-order valence-corrected chi connectivity index (χ2v) is 7.86. The van der Waals surface area contributed by atoms with Crippen LogP contribution in [0.2, 0.25) is 0 Å². The summed E-state index contributed by atoms with van der Waals surface area (Å²) in [6, 6.07) is 11.2. The normalized spacial score (nSPS) is 18.0. The van der Waals surface area contributed by atoms with E-state index in [0.29, 0.717) is 23.7 Å². The molecular formula is C24H28N2O5. The van der Waals surface area contributed by atoms with Crippen molar-refractivity contribution in [3.63, 3.8) is 0 Å². The Balaban J connectivity index is 1.86. The summed E-state index contributed by atoms with van der Waals surface area (Å²) in [6.07, 6.45) is 0.365. The van der Waals surface area contributed by atoms with Crippen LogP contribution in [-0.4, -0.2) is 44.4 Å². The summed E-state index contributed by atoms with van der Waals surface area (Å²) in [5, 5.41) is 4.58. The van der Waals surface area contributed by atoms with Gasteiger partial charge in [-0.15, -0.1) is 0 Å². The predicted molar refractivity (Wildman–Crippen MR) is 118 cm³/mol. The van der Waals surface area contributed by atoms with Gasteiger partial charge in [-0.2, -0.15) is 0 Å². The van der Waals surface area contributed by atoms with Gasteiger partial charge in [0, 0.05) is 23.0 Å². The van der Waals surface area contributed by atoms with Crippen molar-refractivity contribution in [2.45, 2.75) is 38.5 Å². The molecule has 0 spiro atoms. The van der Waals surface area contributed by atoms with Gasteiger partial charge in [0.05, 0.1) is 33.5 Å². The number of fused-ring (bicyclic) bond motifs is 3. The van der Waals surface area contributed by atoms with E-state index in [1.165, 1.54) is 0 Å². The standard InChI is InChI=1S/C24H28N2O5/c1-13(2)31-24(27)18-12-16-15-8-6-7-9-17(15)25-22(16)21(26-18)14-10-19(28-3)23(30-5)20(11-14)29-4/h6-11,13,18,21,25-26H,12H2,1-5H3/t18-,21+/m0/s1. The maximum absolute atomic E-state index is 12.8. The van der Waals surface area contributed by atoms with Crippen LogP contribution in [0.25, 0.3) is 10.9 Å². The molecule has 0 amide bonds. The molecular weight excluding hydrogens is 396 g/mol. The average Bonchev–Trinajstić information content (AvgIpc) is 3.15. The fraction of sp³-hybridized carbons (Fsp3) is 0.375. The first-order valence-electron chi connectivity index (χ1n) is 10.3.